The molecule has 1 saturated carbocycles. The SMILES string of the molecule is C[N+](C)(C)CCOP(=O)([O-])OCCCCC=C1CCCCCCCCCCCCCC1. The fourth-order valence-electron chi connectivity index (χ4n) is 3.99. The standard InChI is InChI=1S/C25H50NO4P/c1-26(2,3)22-24-30-31(27,28)29-23-18-14-17-21-25-19-15-12-10-8-6-4-5-7-9-11-13-16-20-25/h21H,4-20,22-24H2,1-3H3. The van der Waals surface area contributed by atoms with E-state index in [4.69, 9.17) is 9.05 Å². The molecule has 0 radical (unpaired) electrons. The predicted octanol–water partition coefficient (Wildman–Crippen LogP) is 6.77. The van der Waals surface area contributed by atoms with Crippen LogP contribution >= 0.6 is 7.82 Å². The van der Waals surface area contributed by atoms with Crippen LogP contribution < -0.4 is 4.89 Å². The van der Waals surface area contributed by atoms with E-state index in [-0.39, 0.29) is 13.2 Å². The van der Waals surface area contributed by atoms with Crippen LogP contribution in [0.15, 0.2) is 11.6 Å². The summed E-state index contributed by atoms with van der Waals surface area (Å²) in [4.78, 5) is 11.8. The van der Waals surface area contributed by atoms with Gasteiger partial charge in [0.2, 0.25) is 0 Å². The smallest absolute Gasteiger partial charge is 0.268 e. The van der Waals surface area contributed by atoms with E-state index >= 15 is 0 Å². The third kappa shape index (κ3) is 19.0. The van der Waals surface area contributed by atoms with Crippen molar-refractivity contribution in [1.82, 2.24) is 0 Å². The Morgan fingerprint density at radius 2 is 1.23 bits per heavy atom. The molecule has 0 heterocycles. The number of hydrogen-bond acceptors (Lipinski definition) is 4. The van der Waals surface area contributed by atoms with Crippen LogP contribution in [0.5, 0.6) is 0 Å². The number of phosphoric acid groups is 1. The fourth-order valence-corrected chi connectivity index (χ4v) is 4.73. The molecule has 1 rings (SSSR count). The van der Waals surface area contributed by atoms with Crippen molar-refractivity contribution in [3.05, 3.63) is 11.6 Å². The van der Waals surface area contributed by atoms with Gasteiger partial charge in [-0.25, -0.2) is 0 Å². The second kappa shape index (κ2) is 17.3. The van der Waals surface area contributed by atoms with E-state index in [2.05, 4.69) is 6.08 Å². The van der Waals surface area contributed by atoms with Crippen molar-refractivity contribution in [1.29, 1.82) is 0 Å². The first-order chi connectivity index (χ1) is 14.8. The van der Waals surface area contributed by atoms with Crippen LogP contribution in [0.25, 0.3) is 0 Å². The monoisotopic (exact) mass is 459 g/mol. The average Bonchev–Trinajstić information content (AvgIpc) is 2.69. The van der Waals surface area contributed by atoms with E-state index in [1.165, 1.54) is 89.9 Å². The number of likely N-dealkylation sites (N-methyl/N-ethyl adjacent to an activating group) is 1. The minimum absolute atomic E-state index is 0.163. The lowest BCUT2D eigenvalue weighted by atomic mass is 9.98. The molecule has 0 bridgehead atoms. The van der Waals surface area contributed by atoms with Gasteiger partial charge in [-0.05, 0) is 44.9 Å². The Morgan fingerprint density at radius 1 is 0.774 bits per heavy atom. The molecule has 1 unspecified atom stereocenters. The second-order valence-electron chi connectivity index (χ2n) is 10.2. The van der Waals surface area contributed by atoms with Crippen LogP contribution in [0.4, 0.5) is 0 Å². The first-order valence-corrected chi connectivity index (χ1v) is 14.3. The molecule has 184 valence electrons. The molecule has 5 nitrogen and oxygen atoms in total. The molecule has 0 aliphatic heterocycles. The molecule has 0 aromatic heterocycles. The highest BCUT2D eigenvalue weighted by atomic mass is 31.2. The van der Waals surface area contributed by atoms with Crippen molar-refractivity contribution in [3.63, 3.8) is 0 Å². The normalized spacial score (nSPS) is 20.5. The van der Waals surface area contributed by atoms with Gasteiger partial charge in [-0.15, -0.1) is 0 Å². The van der Waals surface area contributed by atoms with E-state index in [0.717, 1.165) is 19.3 Å². The molecule has 6 heteroatoms. The molecule has 1 atom stereocenters. The van der Waals surface area contributed by atoms with Gasteiger partial charge in [0.15, 0.2) is 0 Å². The lowest BCUT2D eigenvalue weighted by molar-refractivity contribution is -0.870. The van der Waals surface area contributed by atoms with Crippen molar-refractivity contribution < 1.29 is 23.0 Å². The van der Waals surface area contributed by atoms with E-state index in [9.17, 15) is 9.46 Å². The summed E-state index contributed by atoms with van der Waals surface area (Å²) in [6.07, 6.45) is 24.3. The van der Waals surface area contributed by atoms with Crippen LogP contribution in [0.1, 0.15) is 109 Å². The Kier molecular flexibility index (Phi) is 16.1. The lowest BCUT2D eigenvalue weighted by Crippen LogP contribution is -2.37. The molecule has 0 N–H and O–H groups in total. The van der Waals surface area contributed by atoms with Crippen molar-refractivity contribution in [2.24, 2.45) is 0 Å². The minimum Gasteiger partial charge on any atom is -0.756 e. The molecule has 0 aromatic carbocycles. The number of unbranched alkanes of at least 4 members (excludes halogenated alkanes) is 2. The number of allylic oxidation sites excluding steroid dienone is 2. The van der Waals surface area contributed by atoms with Crippen LogP contribution in [0.2, 0.25) is 0 Å². The van der Waals surface area contributed by atoms with Gasteiger partial charge in [-0.3, -0.25) is 4.57 Å². The number of hydrogen-bond donors (Lipinski definition) is 0. The summed E-state index contributed by atoms with van der Waals surface area (Å²) in [5.74, 6) is 0. The Hall–Kier alpha value is -0.190. The quantitative estimate of drug-likeness (QED) is 0.157. The molecule has 1 fully saturated rings. The zero-order chi connectivity index (χ0) is 22.8. The van der Waals surface area contributed by atoms with Gasteiger partial charge >= 0.3 is 0 Å². The molecule has 31 heavy (non-hydrogen) atoms. The molecule has 0 amide bonds. The maximum atomic E-state index is 11.8. The van der Waals surface area contributed by atoms with E-state index in [1.807, 2.05) is 21.1 Å². The molecular formula is C25H50NO4P. The summed E-state index contributed by atoms with van der Waals surface area (Å²) in [5, 5.41) is 0. The van der Waals surface area contributed by atoms with E-state index in [0.29, 0.717) is 11.0 Å². The van der Waals surface area contributed by atoms with Crippen LogP contribution in [0, 0.1) is 0 Å². The van der Waals surface area contributed by atoms with Crippen LogP contribution in [-0.2, 0) is 13.6 Å². The van der Waals surface area contributed by atoms with Gasteiger partial charge in [0.25, 0.3) is 7.82 Å². The third-order valence-electron chi connectivity index (χ3n) is 6.04. The number of nitrogens with zero attached hydrogens (tertiary/aromatic N) is 1. The molecule has 1 aliphatic carbocycles. The summed E-state index contributed by atoms with van der Waals surface area (Å²) < 4.78 is 22.4. The zero-order valence-electron chi connectivity index (χ0n) is 20.7. The number of rotatable bonds is 10. The zero-order valence-corrected chi connectivity index (χ0v) is 21.6. The Balaban J connectivity index is 2.24. The summed E-state index contributed by atoms with van der Waals surface area (Å²) in [6, 6.07) is 0. The van der Waals surface area contributed by atoms with Crippen molar-refractivity contribution >= 4 is 7.82 Å². The second-order valence-corrected chi connectivity index (χ2v) is 11.6. The van der Waals surface area contributed by atoms with Crippen molar-refractivity contribution in [2.45, 2.75) is 109 Å². The van der Waals surface area contributed by atoms with Gasteiger partial charge in [-0.1, -0.05) is 75.9 Å². The average molecular weight is 460 g/mol. The highest BCUT2D eigenvalue weighted by molar-refractivity contribution is 7.45. The van der Waals surface area contributed by atoms with Gasteiger partial charge in [0.05, 0.1) is 27.7 Å². The largest absolute Gasteiger partial charge is 0.756 e. The van der Waals surface area contributed by atoms with Gasteiger partial charge < -0.3 is 18.4 Å². The summed E-state index contributed by atoms with van der Waals surface area (Å²) >= 11 is 0. The Labute approximate surface area is 192 Å². The highest BCUT2D eigenvalue weighted by Gasteiger charge is 2.13. The summed E-state index contributed by atoms with van der Waals surface area (Å²) in [5.41, 5.74) is 1.62. The highest BCUT2D eigenvalue weighted by Crippen LogP contribution is 2.38. The van der Waals surface area contributed by atoms with Gasteiger partial charge in [0, 0.05) is 0 Å². The van der Waals surface area contributed by atoms with E-state index < -0.39 is 7.82 Å². The maximum Gasteiger partial charge on any atom is 0.268 e. The topological polar surface area (TPSA) is 58.6 Å². The first kappa shape index (κ1) is 28.8. The van der Waals surface area contributed by atoms with E-state index in [1.54, 1.807) is 5.57 Å². The predicted molar refractivity (Wildman–Crippen MR) is 129 cm³/mol. The number of quaternary nitrogens is 1. The lowest BCUT2D eigenvalue weighted by Gasteiger charge is -2.27. The Morgan fingerprint density at radius 3 is 1.71 bits per heavy atom. The summed E-state index contributed by atoms with van der Waals surface area (Å²) in [6.45, 7) is 1.01. The van der Waals surface area contributed by atoms with Gasteiger partial charge in [0.1, 0.15) is 13.2 Å². The first-order valence-electron chi connectivity index (χ1n) is 12.9. The molecule has 0 spiro atoms. The third-order valence-corrected chi connectivity index (χ3v) is 7.04. The van der Waals surface area contributed by atoms with Crippen LogP contribution in [0.3, 0.4) is 0 Å². The Bertz CT molecular complexity index is 498. The fraction of sp³-hybridized carbons (Fsp3) is 0.920. The molecule has 0 saturated heterocycles. The minimum atomic E-state index is -4.17. The number of phosphoric ester groups is 1. The summed E-state index contributed by atoms with van der Waals surface area (Å²) in [7, 11) is 1.84. The molecule has 1 aliphatic rings. The maximum absolute atomic E-state index is 11.8. The van der Waals surface area contributed by atoms with Crippen molar-refractivity contribution in [2.75, 3.05) is 40.9 Å². The van der Waals surface area contributed by atoms with Crippen molar-refractivity contribution in [3.8, 4) is 0 Å². The van der Waals surface area contributed by atoms with Crippen LogP contribution in [-0.4, -0.2) is 45.4 Å². The molecular weight excluding hydrogens is 409 g/mol. The molecule has 0 aromatic rings. The van der Waals surface area contributed by atoms with Gasteiger partial charge in [-0.2, -0.15) is 0 Å².